The summed E-state index contributed by atoms with van der Waals surface area (Å²) in [5.74, 6) is -0.342. The number of carbonyl (C=O) groups is 1. The largest absolute Gasteiger partial charge is 0.332 e. The topological polar surface area (TPSA) is 55.2 Å². The van der Waals surface area contributed by atoms with Crippen LogP contribution in [0.25, 0.3) is 5.69 Å². The Labute approximate surface area is 150 Å². The van der Waals surface area contributed by atoms with Gasteiger partial charge in [0.1, 0.15) is 0 Å². The Balaban J connectivity index is 1.98. The van der Waals surface area contributed by atoms with Gasteiger partial charge in [0.25, 0.3) is 5.91 Å². The van der Waals surface area contributed by atoms with Crippen LogP contribution in [0.15, 0.2) is 58.7 Å². The third-order valence-corrected chi connectivity index (χ3v) is 4.77. The summed E-state index contributed by atoms with van der Waals surface area (Å²) in [5.41, 5.74) is 1.11. The Hall–Kier alpha value is -2.73. The van der Waals surface area contributed by atoms with Crippen molar-refractivity contribution in [2.24, 2.45) is 0 Å². The second-order valence-corrected chi connectivity index (χ2v) is 6.68. The summed E-state index contributed by atoms with van der Waals surface area (Å²) in [7, 11) is 0. The summed E-state index contributed by atoms with van der Waals surface area (Å²) < 4.78 is 1.63. The van der Waals surface area contributed by atoms with E-state index in [1.807, 2.05) is 54.8 Å². The number of aryl methyl sites for hydroxylation is 1. The van der Waals surface area contributed by atoms with Crippen LogP contribution in [0.1, 0.15) is 28.0 Å². The highest BCUT2D eigenvalue weighted by molar-refractivity contribution is 7.09. The Kier molecular flexibility index (Phi) is 5.09. The SMILES string of the molecule is CCN(Cc1cccs1)C(=O)c1nn(-c2ccccc2)c(C)cc1=O. The van der Waals surface area contributed by atoms with Crippen LogP contribution in [-0.4, -0.2) is 27.1 Å². The fraction of sp³-hybridized carbons (Fsp3) is 0.211. The van der Waals surface area contributed by atoms with Gasteiger partial charge in [-0.1, -0.05) is 24.3 Å². The zero-order valence-electron chi connectivity index (χ0n) is 14.2. The molecular formula is C19H19N3O2S. The minimum Gasteiger partial charge on any atom is -0.332 e. The molecule has 0 aliphatic heterocycles. The van der Waals surface area contributed by atoms with Crippen molar-refractivity contribution in [3.8, 4) is 5.69 Å². The molecule has 25 heavy (non-hydrogen) atoms. The van der Waals surface area contributed by atoms with Crippen molar-refractivity contribution in [3.63, 3.8) is 0 Å². The molecule has 1 amide bonds. The van der Waals surface area contributed by atoms with E-state index in [0.717, 1.165) is 10.6 Å². The first kappa shape index (κ1) is 17.1. The highest BCUT2D eigenvalue weighted by Gasteiger charge is 2.21. The highest BCUT2D eigenvalue weighted by Crippen LogP contribution is 2.14. The molecule has 0 atom stereocenters. The van der Waals surface area contributed by atoms with E-state index in [1.54, 1.807) is 27.8 Å². The van der Waals surface area contributed by atoms with Crippen LogP contribution in [0, 0.1) is 6.92 Å². The number of para-hydroxylation sites is 1. The van der Waals surface area contributed by atoms with E-state index in [1.165, 1.54) is 6.07 Å². The molecule has 0 unspecified atom stereocenters. The molecule has 0 spiro atoms. The lowest BCUT2D eigenvalue weighted by molar-refractivity contribution is 0.0744. The number of aromatic nitrogens is 2. The quantitative estimate of drug-likeness (QED) is 0.707. The number of benzene rings is 1. The smallest absolute Gasteiger partial charge is 0.278 e. The van der Waals surface area contributed by atoms with E-state index in [4.69, 9.17) is 0 Å². The molecule has 0 saturated carbocycles. The average molecular weight is 353 g/mol. The Bertz CT molecular complexity index is 918. The maximum atomic E-state index is 12.9. The van der Waals surface area contributed by atoms with E-state index >= 15 is 0 Å². The van der Waals surface area contributed by atoms with Crippen molar-refractivity contribution in [2.45, 2.75) is 20.4 Å². The van der Waals surface area contributed by atoms with Crippen molar-refractivity contribution in [1.29, 1.82) is 0 Å². The maximum Gasteiger partial charge on any atom is 0.278 e. The Morgan fingerprint density at radius 2 is 1.96 bits per heavy atom. The van der Waals surface area contributed by atoms with Gasteiger partial charge in [0.05, 0.1) is 12.2 Å². The van der Waals surface area contributed by atoms with Crippen molar-refractivity contribution >= 4 is 17.2 Å². The lowest BCUT2D eigenvalue weighted by Gasteiger charge is -2.20. The van der Waals surface area contributed by atoms with Crippen LogP contribution in [0.5, 0.6) is 0 Å². The number of carbonyl (C=O) groups excluding carboxylic acids is 1. The van der Waals surface area contributed by atoms with Gasteiger partial charge in [0.15, 0.2) is 5.69 Å². The lowest BCUT2D eigenvalue weighted by atomic mass is 10.2. The van der Waals surface area contributed by atoms with E-state index < -0.39 is 0 Å². The summed E-state index contributed by atoms with van der Waals surface area (Å²) in [4.78, 5) is 28.0. The predicted molar refractivity (Wildman–Crippen MR) is 99.3 cm³/mol. The summed E-state index contributed by atoms with van der Waals surface area (Å²) in [6.45, 7) is 4.69. The van der Waals surface area contributed by atoms with Crippen LogP contribution in [0.2, 0.25) is 0 Å². The molecule has 5 nitrogen and oxygen atoms in total. The summed E-state index contributed by atoms with van der Waals surface area (Å²) in [6, 6.07) is 14.9. The number of amides is 1. The van der Waals surface area contributed by atoms with Crippen LogP contribution in [0.4, 0.5) is 0 Å². The molecule has 6 heteroatoms. The molecule has 0 bridgehead atoms. The minimum absolute atomic E-state index is 0.0483. The normalized spacial score (nSPS) is 10.6. The monoisotopic (exact) mass is 353 g/mol. The van der Waals surface area contributed by atoms with Gasteiger partial charge in [-0.25, -0.2) is 4.68 Å². The van der Waals surface area contributed by atoms with Crippen LogP contribution < -0.4 is 5.43 Å². The molecule has 0 radical (unpaired) electrons. The van der Waals surface area contributed by atoms with Crippen LogP contribution in [0.3, 0.4) is 0 Å². The molecule has 2 heterocycles. The lowest BCUT2D eigenvalue weighted by Crippen LogP contribution is -2.35. The van der Waals surface area contributed by atoms with E-state index in [9.17, 15) is 9.59 Å². The number of hydrogen-bond acceptors (Lipinski definition) is 4. The van der Waals surface area contributed by atoms with Gasteiger partial charge >= 0.3 is 0 Å². The minimum atomic E-state index is -0.348. The molecule has 1 aromatic carbocycles. The third kappa shape index (κ3) is 3.69. The van der Waals surface area contributed by atoms with Crippen molar-refractivity contribution < 1.29 is 4.79 Å². The van der Waals surface area contributed by atoms with Crippen molar-refractivity contribution in [3.05, 3.63) is 80.4 Å². The van der Waals surface area contributed by atoms with E-state index in [0.29, 0.717) is 18.8 Å². The summed E-state index contributed by atoms with van der Waals surface area (Å²) in [5, 5.41) is 6.33. The zero-order chi connectivity index (χ0) is 17.8. The second kappa shape index (κ2) is 7.44. The molecule has 2 aromatic heterocycles. The fourth-order valence-electron chi connectivity index (χ4n) is 2.59. The fourth-order valence-corrected chi connectivity index (χ4v) is 3.31. The highest BCUT2D eigenvalue weighted by atomic mass is 32.1. The van der Waals surface area contributed by atoms with Gasteiger partial charge in [0, 0.05) is 23.2 Å². The first-order valence-corrected chi connectivity index (χ1v) is 8.96. The summed E-state index contributed by atoms with van der Waals surface area (Å²) in [6.07, 6.45) is 0. The van der Waals surface area contributed by atoms with E-state index in [2.05, 4.69) is 5.10 Å². The van der Waals surface area contributed by atoms with Gasteiger partial charge in [-0.15, -0.1) is 11.3 Å². The first-order valence-electron chi connectivity index (χ1n) is 8.08. The number of thiophene rings is 1. The molecule has 0 aliphatic carbocycles. The maximum absolute atomic E-state index is 12.9. The molecule has 3 aromatic rings. The van der Waals surface area contributed by atoms with Gasteiger partial charge in [-0.3, -0.25) is 9.59 Å². The average Bonchev–Trinajstić information content (AvgIpc) is 3.13. The predicted octanol–water partition coefficient (Wildman–Crippen LogP) is 3.26. The molecule has 0 aliphatic rings. The van der Waals surface area contributed by atoms with Crippen LogP contribution in [-0.2, 0) is 6.54 Å². The van der Waals surface area contributed by atoms with Gasteiger partial charge in [-0.05, 0) is 37.4 Å². The molecule has 3 rings (SSSR count). The number of rotatable bonds is 5. The van der Waals surface area contributed by atoms with Crippen LogP contribution >= 0.6 is 11.3 Å². The van der Waals surface area contributed by atoms with Gasteiger partial charge < -0.3 is 4.90 Å². The van der Waals surface area contributed by atoms with Crippen molar-refractivity contribution in [1.82, 2.24) is 14.7 Å². The zero-order valence-corrected chi connectivity index (χ0v) is 15.0. The molecule has 0 fully saturated rings. The second-order valence-electron chi connectivity index (χ2n) is 5.64. The Morgan fingerprint density at radius 1 is 1.20 bits per heavy atom. The Morgan fingerprint density at radius 3 is 2.60 bits per heavy atom. The van der Waals surface area contributed by atoms with Crippen molar-refractivity contribution in [2.75, 3.05) is 6.54 Å². The standard InChI is InChI=1S/C19H19N3O2S/c1-3-21(13-16-10-7-11-25-16)19(24)18-17(23)12-14(2)22(20-18)15-8-5-4-6-9-15/h4-12H,3,13H2,1-2H3. The molecule has 0 saturated heterocycles. The van der Waals surface area contributed by atoms with Gasteiger partial charge in [-0.2, -0.15) is 5.10 Å². The molecular weight excluding hydrogens is 334 g/mol. The number of nitrogens with zero attached hydrogens (tertiary/aromatic N) is 3. The third-order valence-electron chi connectivity index (χ3n) is 3.91. The number of hydrogen-bond donors (Lipinski definition) is 0. The van der Waals surface area contributed by atoms with Gasteiger partial charge in [0.2, 0.25) is 5.43 Å². The molecule has 0 N–H and O–H groups in total. The molecule has 128 valence electrons. The first-order chi connectivity index (χ1) is 12.1. The summed E-state index contributed by atoms with van der Waals surface area (Å²) >= 11 is 1.59. The van der Waals surface area contributed by atoms with E-state index in [-0.39, 0.29) is 17.0 Å².